The molecule has 1 N–H and O–H groups in total. The van der Waals surface area contributed by atoms with E-state index in [1.54, 1.807) is 0 Å². The summed E-state index contributed by atoms with van der Waals surface area (Å²) in [7, 11) is 0. The molecule has 1 fully saturated rings. The maximum Gasteiger partial charge on any atom is 0.105 e. The van der Waals surface area contributed by atoms with E-state index in [2.05, 4.69) is 32.2 Å². The molecule has 1 aliphatic rings. The van der Waals surface area contributed by atoms with Crippen molar-refractivity contribution in [2.45, 2.75) is 58.9 Å². The molecule has 18 heavy (non-hydrogen) atoms. The topological polar surface area (TPSA) is 25.2 Å². The summed E-state index contributed by atoms with van der Waals surface area (Å²) in [6.45, 7) is 7.80. The maximum absolute atomic E-state index is 5.50. The van der Waals surface area contributed by atoms with Crippen molar-refractivity contribution in [1.29, 1.82) is 0 Å². The van der Waals surface area contributed by atoms with Gasteiger partial charge in [0.15, 0.2) is 0 Å². The van der Waals surface area contributed by atoms with E-state index < -0.39 is 0 Å². The van der Waals surface area contributed by atoms with Gasteiger partial charge in [-0.1, -0.05) is 26.7 Å². The van der Waals surface area contributed by atoms with E-state index in [1.807, 2.05) is 6.26 Å². The summed E-state index contributed by atoms with van der Waals surface area (Å²) >= 11 is 0. The van der Waals surface area contributed by atoms with Crippen LogP contribution in [0, 0.1) is 18.8 Å². The second-order valence-electron chi connectivity index (χ2n) is 5.88. The third-order valence-electron chi connectivity index (χ3n) is 4.38. The normalized spacial score (nSPS) is 26.2. The third-order valence-corrected chi connectivity index (χ3v) is 4.38. The highest BCUT2D eigenvalue weighted by atomic mass is 16.3. The lowest BCUT2D eigenvalue weighted by molar-refractivity contribution is 0.230. The van der Waals surface area contributed by atoms with Gasteiger partial charge in [0.25, 0.3) is 0 Å². The quantitative estimate of drug-likeness (QED) is 0.833. The summed E-state index contributed by atoms with van der Waals surface area (Å²) in [6, 6.07) is 2.65. The minimum Gasteiger partial charge on any atom is -0.469 e. The molecule has 2 rings (SSSR count). The molecule has 1 aliphatic carbocycles. The maximum atomic E-state index is 5.50. The van der Waals surface area contributed by atoms with Crippen molar-refractivity contribution in [3.05, 3.63) is 23.7 Å². The molecule has 0 saturated heterocycles. The Morgan fingerprint density at radius 1 is 1.33 bits per heavy atom. The van der Waals surface area contributed by atoms with Crippen LogP contribution in [0.25, 0.3) is 0 Å². The Morgan fingerprint density at radius 2 is 2.06 bits per heavy atom. The van der Waals surface area contributed by atoms with Crippen molar-refractivity contribution >= 4 is 0 Å². The number of aryl methyl sites for hydroxylation is 1. The van der Waals surface area contributed by atoms with E-state index in [0.717, 1.165) is 24.1 Å². The van der Waals surface area contributed by atoms with Gasteiger partial charge in [0.05, 0.1) is 6.26 Å². The molecule has 1 heterocycles. The molecular weight excluding hydrogens is 222 g/mol. The lowest BCUT2D eigenvalue weighted by Crippen LogP contribution is -2.31. The minimum atomic E-state index is 0.496. The fourth-order valence-electron chi connectivity index (χ4n) is 3.17. The largest absolute Gasteiger partial charge is 0.469 e. The standard InChI is InChI=1S/C16H27NO/c1-4-10-17-16(15-9-11-18-13(15)3)14-7-5-12(2)6-8-14/h9,11-12,14,16-17H,4-8,10H2,1-3H3. The van der Waals surface area contributed by atoms with Crippen LogP contribution in [-0.4, -0.2) is 6.54 Å². The number of nitrogens with one attached hydrogen (secondary N) is 1. The molecular formula is C16H27NO. The Kier molecular flexibility index (Phi) is 4.87. The highest BCUT2D eigenvalue weighted by molar-refractivity contribution is 5.21. The zero-order chi connectivity index (χ0) is 13.0. The van der Waals surface area contributed by atoms with E-state index >= 15 is 0 Å². The predicted molar refractivity (Wildman–Crippen MR) is 75.6 cm³/mol. The summed E-state index contributed by atoms with van der Waals surface area (Å²) in [5.74, 6) is 2.78. The van der Waals surface area contributed by atoms with Gasteiger partial charge in [0.1, 0.15) is 5.76 Å². The van der Waals surface area contributed by atoms with E-state index in [-0.39, 0.29) is 0 Å². The van der Waals surface area contributed by atoms with Crippen molar-refractivity contribution in [2.24, 2.45) is 11.8 Å². The minimum absolute atomic E-state index is 0.496. The fraction of sp³-hybridized carbons (Fsp3) is 0.750. The summed E-state index contributed by atoms with van der Waals surface area (Å²) in [5, 5.41) is 3.74. The molecule has 102 valence electrons. The number of rotatable bonds is 5. The van der Waals surface area contributed by atoms with Gasteiger partial charge in [-0.05, 0) is 50.6 Å². The summed E-state index contributed by atoms with van der Waals surface area (Å²) in [5.41, 5.74) is 1.38. The van der Waals surface area contributed by atoms with Gasteiger partial charge in [-0.25, -0.2) is 0 Å². The highest BCUT2D eigenvalue weighted by Gasteiger charge is 2.28. The Hall–Kier alpha value is -0.760. The highest BCUT2D eigenvalue weighted by Crippen LogP contribution is 2.37. The molecule has 1 saturated carbocycles. The zero-order valence-electron chi connectivity index (χ0n) is 12.0. The van der Waals surface area contributed by atoms with Gasteiger partial charge in [0, 0.05) is 11.6 Å². The van der Waals surface area contributed by atoms with Crippen LogP contribution in [0.1, 0.15) is 63.3 Å². The first-order valence-corrected chi connectivity index (χ1v) is 7.49. The van der Waals surface area contributed by atoms with E-state index in [4.69, 9.17) is 4.42 Å². The van der Waals surface area contributed by atoms with Gasteiger partial charge in [-0.2, -0.15) is 0 Å². The average molecular weight is 249 g/mol. The number of furan rings is 1. The van der Waals surface area contributed by atoms with Crippen LogP contribution in [-0.2, 0) is 0 Å². The van der Waals surface area contributed by atoms with Crippen molar-refractivity contribution in [2.75, 3.05) is 6.54 Å². The molecule has 2 heteroatoms. The monoisotopic (exact) mass is 249 g/mol. The molecule has 1 unspecified atom stereocenters. The second kappa shape index (κ2) is 6.42. The Morgan fingerprint density at radius 3 is 2.61 bits per heavy atom. The van der Waals surface area contributed by atoms with Crippen LogP contribution in [0.5, 0.6) is 0 Å². The van der Waals surface area contributed by atoms with Crippen molar-refractivity contribution in [3.63, 3.8) is 0 Å². The summed E-state index contributed by atoms with van der Waals surface area (Å²) in [4.78, 5) is 0. The predicted octanol–water partition coefficient (Wildman–Crippen LogP) is 4.46. The molecule has 2 nitrogen and oxygen atoms in total. The van der Waals surface area contributed by atoms with Crippen molar-refractivity contribution in [3.8, 4) is 0 Å². The smallest absolute Gasteiger partial charge is 0.105 e. The van der Waals surface area contributed by atoms with Crippen LogP contribution in [0.4, 0.5) is 0 Å². The number of hydrogen-bond donors (Lipinski definition) is 1. The molecule has 0 bridgehead atoms. The van der Waals surface area contributed by atoms with E-state index in [9.17, 15) is 0 Å². The molecule has 0 aromatic carbocycles. The molecule has 1 aromatic rings. The van der Waals surface area contributed by atoms with Gasteiger partial charge in [-0.3, -0.25) is 0 Å². The first-order valence-electron chi connectivity index (χ1n) is 7.49. The van der Waals surface area contributed by atoms with Gasteiger partial charge in [0.2, 0.25) is 0 Å². The van der Waals surface area contributed by atoms with E-state index in [0.29, 0.717) is 6.04 Å². The van der Waals surface area contributed by atoms with Crippen molar-refractivity contribution < 1.29 is 4.42 Å². The molecule has 1 atom stereocenters. The Balaban J connectivity index is 2.07. The van der Waals surface area contributed by atoms with Crippen LogP contribution >= 0.6 is 0 Å². The molecule has 1 aromatic heterocycles. The van der Waals surface area contributed by atoms with Crippen LogP contribution < -0.4 is 5.32 Å². The molecule has 0 aliphatic heterocycles. The van der Waals surface area contributed by atoms with Crippen LogP contribution in [0.2, 0.25) is 0 Å². The third kappa shape index (κ3) is 3.17. The fourth-order valence-corrected chi connectivity index (χ4v) is 3.17. The van der Waals surface area contributed by atoms with Gasteiger partial charge < -0.3 is 9.73 Å². The Labute approximate surface area is 111 Å². The summed E-state index contributed by atoms with van der Waals surface area (Å²) in [6.07, 6.45) is 8.49. The molecule has 0 amide bonds. The lowest BCUT2D eigenvalue weighted by atomic mass is 9.77. The second-order valence-corrected chi connectivity index (χ2v) is 5.88. The SMILES string of the molecule is CCCNC(c1ccoc1C)C1CCC(C)CC1. The van der Waals surface area contributed by atoms with Crippen LogP contribution in [0.15, 0.2) is 16.7 Å². The number of hydrogen-bond acceptors (Lipinski definition) is 2. The van der Waals surface area contributed by atoms with E-state index in [1.165, 1.54) is 37.7 Å². The Bertz CT molecular complexity index is 350. The average Bonchev–Trinajstić information content (AvgIpc) is 2.78. The molecule has 0 spiro atoms. The lowest BCUT2D eigenvalue weighted by Gasteiger charge is -2.33. The van der Waals surface area contributed by atoms with Gasteiger partial charge >= 0.3 is 0 Å². The first-order chi connectivity index (χ1) is 8.72. The zero-order valence-corrected chi connectivity index (χ0v) is 12.0. The van der Waals surface area contributed by atoms with Gasteiger partial charge in [-0.15, -0.1) is 0 Å². The van der Waals surface area contributed by atoms with Crippen LogP contribution in [0.3, 0.4) is 0 Å². The summed E-state index contributed by atoms with van der Waals surface area (Å²) < 4.78 is 5.50. The van der Waals surface area contributed by atoms with Crippen molar-refractivity contribution in [1.82, 2.24) is 5.32 Å². The molecule has 0 radical (unpaired) electrons. The first kappa shape index (κ1) is 13.7.